The molecule has 0 heterocycles. The highest BCUT2D eigenvalue weighted by Gasteiger charge is 2.42. The quantitative estimate of drug-likeness (QED) is 0.469. The lowest BCUT2D eigenvalue weighted by Gasteiger charge is -2.32. The lowest BCUT2D eigenvalue weighted by Crippen LogP contribution is -2.37. The number of hydrogen-bond acceptors (Lipinski definition) is 1. The molecule has 1 rings (SSSR count). The zero-order valence-corrected chi connectivity index (χ0v) is 9.50. The third-order valence-corrected chi connectivity index (χ3v) is 2.17. The number of guanidine groups is 1. The van der Waals surface area contributed by atoms with Crippen molar-refractivity contribution in [1.82, 2.24) is 0 Å². The van der Waals surface area contributed by atoms with Gasteiger partial charge < -0.3 is 11.5 Å². The molecule has 1 aliphatic carbocycles. The molecule has 0 unspecified atom stereocenters. The molecule has 1 aliphatic rings. The molecule has 13 heavy (non-hydrogen) atoms. The lowest BCUT2D eigenvalue weighted by atomic mass is 9.80. The molecule has 0 aromatic carbocycles. The van der Waals surface area contributed by atoms with Gasteiger partial charge >= 0.3 is 0 Å². The third-order valence-electron chi connectivity index (χ3n) is 2.17. The molecular formula is C7H14F2IN3. The van der Waals surface area contributed by atoms with Gasteiger partial charge in [-0.15, -0.1) is 24.0 Å². The lowest BCUT2D eigenvalue weighted by molar-refractivity contribution is -0.0778. The number of nitrogens with two attached hydrogens (primary N) is 2. The Balaban J connectivity index is 0.00000144. The number of aliphatic imine (C=N–C) groups is 1. The number of rotatable bonds is 3. The summed E-state index contributed by atoms with van der Waals surface area (Å²) in [6, 6.07) is 0. The fraction of sp³-hybridized carbons (Fsp3) is 0.857. The number of hydrogen-bond donors (Lipinski definition) is 2. The summed E-state index contributed by atoms with van der Waals surface area (Å²) in [5.41, 5.74) is 9.91. The molecule has 0 saturated heterocycles. The summed E-state index contributed by atoms with van der Waals surface area (Å²) in [5, 5.41) is 0. The van der Waals surface area contributed by atoms with Crippen LogP contribution >= 0.6 is 24.0 Å². The Morgan fingerprint density at radius 2 is 1.92 bits per heavy atom. The highest BCUT2D eigenvalue weighted by molar-refractivity contribution is 14.0. The second kappa shape index (κ2) is 4.92. The summed E-state index contributed by atoms with van der Waals surface area (Å²) >= 11 is 0. The van der Waals surface area contributed by atoms with E-state index in [1.54, 1.807) is 0 Å². The molecule has 0 bridgehead atoms. The fourth-order valence-corrected chi connectivity index (χ4v) is 1.16. The second-order valence-corrected chi connectivity index (χ2v) is 3.13. The molecule has 6 heteroatoms. The second-order valence-electron chi connectivity index (χ2n) is 3.13. The average Bonchev–Trinajstić information content (AvgIpc) is 1.78. The minimum absolute atomic E-state index is 0. The van der Waals surface area contributed by atoms with E-state index in [2.05, 4.69) is 4.99 Å². The van der Waals surface area contributed by atoms with E-state index in [0.717, 1.165) is 6.42 Å². The first-order valence-corrected chi connectivity index (χ1v) is 3.95. The number of nitrogens with zero attached hydrogens (tertiary/aromatic N) is 1. The van der Waals surface area contributed by atoms with Crippen LogP contribution in [0.3, 0.4) is 0 Å². The maximum absolute atomic E-state index is 13.0. The van der Waals surface area contributed by atoms with Gasteiger partial charge in [-0.25, -0.2) is 13.8 Å². The van der Waals surface area contributed by atoms with Crippen molar-refractivity contribution in [2.45, 2.75) is 25.2 Å². The molecule has 0 atom stereocenters. The third kappa shape index (κ3) is 3.61. The van der Waals surface area contributed by atoms with Gasteiger partial charge in [0.25, 0.3) is 5.92 Å². The highest BCUT2D eigenvalue weighted by atomic mass is 127. The van der Waals surface area contributed by atoms with Crippen LogP contribution in [-0.2, 0) is 0 Å². The van der Waals surface area contributed by atoms with Gasteiger partial charge in [-0.1, -0.05) is 6.42 Å². The van der Waals surface area contributed by atoms with Crippen molar-refractivity contribution in [1.29, 1.82) is 0 Å². The van der Waals surface area contributed by atoms with Crippen molar-refractivity contribution in [3.8, 4) is 0 Å². The summed E-state index contributed by atoms with van der Waals surface area (Å²) in [6.45, 7) is -0.569. The van der Waals surface area contributed by atoms with Crippen LogP contribution in [0.2, 0.25) is 0 Å². The summed E-state index contributed by atoms with van der Waals surface area (Å²) in [6.07, 6.45) is 2.07. The SMILES string of the molecule is I.NC(N)=NCC(F)(F)C1CCC1. The van der Waals surface area contributed by atoms with Crippen molar-refractivity contribution in [3.05, 3.63) is 0 Å². The van der Waals surface area contributed by atoms with Gasteiger partial charge in [0.05, 0.1) is 0 Å². The first kappa shape index (κ1) is 12.9. The molecule has 3 nitrogen and oxygen atoms in total. The largest absolute Gasteiger partial charge is 0.370 e. The molecule has 78 valence electrons. The van der Waals surface area contributed by atoms with Crippen molar-refractivity contribution < 1.29 is 8.78 Å². The van der Waals surface area contributed by atoms with E-state index in [9.17, 15) is 8.78 Å². The Labute approximate surface area is 93.0 Å². The normalized spacial score (nSPS) is 17.1. The van der Waals surface area contributed by atoms with Gasteiger partial charge in [-0.2, -0.15) is 0 Å². The van der Waals surface area contributed by atoms with Gasteiger partial charge in [0.2, 0.25) is 0 Å². The first-order valence-electron chi connectivity index (χ1n) is 3.95. The minimum atomic E-state index is -2.72. The zero-order chi connectivity index (χ0) is 9.19. The van der Waals surface area contributed by atoms with Crippen LogP contribution in [0.4, 0.5) is 8.78 Å². The predicted octanol–water partition coefficient (Wildman–Crippen LogP) is 1.31. The molecule has 0 aliphatic heterocycles. The maximum atomic E-state index is 13.0. The Morgan fingerprint density at radius 3 is 2.23 bits per heavy atom. The molecule has 0 aromatic rings. The van der Waals surface area contributed by atoms with E-state index in [1.807, 2.05) is 0 Å². The van der Waals surface area contributed by atoms with E-state index in [0.29, 0.717) is 12.8 Å². The molecule has 0 amide bonds. The van der Waals surface area contributed by atoms with Crippen LogP contribution in [0.1, 0.15) is 19.3 Å². The van der Waals surface area contributed by atoms with Crippen molar-refractivity contribution in [2.24, 2.45) is 22.4 Å². The topological polar surface area (TPSA) is 64.4 Å². The van der Waals surface area contributed by atoms with E-state index >= 15 is 0 Å². The minimum Gasteiger partial charge on any atom is -0.370 e. The van der Waals surface area contributed by atoms with E-state index in [4.69, 9.17) is 11.5 Å². The molecular weight excluding hydrogens is 291 g/mol. The van der Waals surface area contributed by atoms with Gasteiger partial charge in [-0.3, -0.25) is 0 Å². The van der Waals surface area contributed by atoms with Crippen LogP contribution in [-0.4, -0.2) is 18.4 Å². The molecule has 1 fully saturated rings. The molecule has 4 N–H and O–H groups in total. The summed E-state index contributed by atoms with van der Waals surface area (Å²) in [4.78, 5) is 3.32. The van der Waals surface area contributed by atoms with Crippen molar-refractivity contribution in [2.75, 3.05) is 6.54 Å². The van der Waals surface area contributed by atoms with E-state index < -0.39 is 18.4 Å². The Bertz CT molecular complexity index is 188. The first-order chi connectivity index (χ1) is 5.52. The smallest absolute Gasteiger partial charge is 0.270 e. The van der Waals surface area contributed by atoms with Gasteiger partial charge in [0.1, 0.15) is 6.54 Å². The monoisotopic (exact) mass is 305 g/mol. The van der Waals surface area contributed by atoms with E-state index in [-0.39, 0.29) is 29.9 Å². The summed E-state index contributed by atoms with van der Waals surface area (Å²) < 4.78 is 26.0. The van der Waals surface area contributed by atoms with Crippen LogP contribution < -0.4 is 11.5 Å². The number of alkyl halides is 2. The van der Waals surface area contributed by atoms with Crippen molar-refractivity contribution >= 4 is 29.9 Å². The fourth-order valence-electron chi connectivity index (χ4n) is 1.16. The Kier molecular flexibility index (Phi) is 4.87. The molecule has 0 aromatic heterocycles. The highest BCUT2D eigenvalue weighted by Crippen LogP contribution is 2.39. The van der Waals surface area contributed by atoms with Crippen LogP contribution in [0.15, 0.2) is 4.99 Å². The maximum Gasteiger partial charge on any atom is 0.270 e. The molecule has 0 spiro atoms. The van der Waals surface area contributed by atoms with Crippen molar-refractivity contribution in [3.63, 3.8) is 0 Å². The average molecular weight is 305 g/mol. The van der Waals surface area contributed by atoms with Crippen LogP contribution in [0.5, 0.6) is 0 Å². The standard InChI is InChI=1S/C7H13F2N3.HI/c8-7(9,4-12-6(10)11)5-2-1-3-5;/h5H,1-4H2,(H4,10,11,12);1H. The van der Waals surface area contributed by atoms with Gasteiger partial charge in [-0.05, 0) is 12.8 Å². The molecule has 1 saturated carbocycles. The molecule has 0 radical (unpaired) electrons. The van der Waals surface area contributed by atoms with Gasteiger partial charge in [0, 0.05) is 5.92 Å². The summed E-state index contributed by atoms with van der Waals surface area (Å²) in [5.74, 6) is -3.50. The predicted molar refractivity (Wildman–Crippen MR) is 58.4 cm³/mol. The van der Waals surface area contributed by atoms with Crippen LogP contribution in [0, 0.1) is 5.92 Å². The zero-order valence-electron chi connectivity index (χ0n) is 7.17. The van der Waals surface area contributed by atoms with Gasteiger partial charge in [0.15, 0.2) is 5.96 Å². The van der Waals surface area contributed by atoms with Crippen LogP contribution in [0.25, 0.3) is 0 Å². The Morgan fingerprint density at radius 1 is 1.38 bits per heavy atom. The Hall–Kier alpha value is -0.140. The van der Waals surface area contributed by atoms with E-state index in [1.165, 1.54) is 0 Å². The number of halogens is 3. The summed E-state index contributed by atoms with van der Waals surface area (Å²) in [7, 11) is 0.